The average Bonchev–Trinajstić information content (AvgIpc) is 2.53. The number of hydrogen-bond acceptors (Lipinski definition) is 3. The molecular formula is C17H20FNO3. The molecule has 1 N–H and O–H groups in total. The van der Waals surface area contributed by atoms with E-state index in [2.05, 4.69) is 0 Å². The maximum absolute atomic E-state index is 13.3. The Balaban J connectivity index is 1.71. The number of likely N-dealkylation sites (tertiary alicyclic amines) is 1. The second-order valence-corrected chi connectivity index (χ2v) is 6.01. The molecule has 1 saturated heterocycles. The third-order valence-corrected chi connectivity index (χ3v) is 4.47. The van der Waals surface area contributed by atoms with Gasteiger partial charge in [0.2, 0.25) is 0 Å². The van der Waals surface area contributed by atoms with Gasteiger partial charge < -0.3 is 14.7 Å². The molecule has 5 heteroatoms. The van der Waals surface area contributed by atoms with Crippen molar-refractivity contribution in [2.24, 2.45) is 5.92 Å². The fourth-order valence-electron chi connectivity index (χ4n) is 3.06. The minimum atomic E-state index is -0.343. The summed E-state index contributed by atoms with van der Waals surface area (Å²) in [5, 5.41) is 9.62. The zero-order chi connectivity index (χ0) is 15.7. The summed E-state index contributed by atoms with van der Waals surface area (Å²) in [6, 6.07) is 4.30. The Kier molecular flexibility index (Phi) is 4.16. The number of nitrogens with zero attached hydrogens (tertiary/aromatic N) is 1. The molecule has 2 aliphatic heterocycles. The van der Waals surface area contributed by atoms with Crippen molar-refractivity contribution >= 4 is 12.0 Å². The molecule has 1 aromatic rings. The quantitative estimate of drug-likeness (QED) is 0.911. The molecule has 2 aliphatic rings. The van der Waals surface area contributed by atoms with Crippen LogP contribution in [0.2, 0.25) is 0 Å². The number of benzene rings is 1. The molecule has 2 heterocycles. The van der Waals surface area contributed by atoms with E-state index in [9.17, 15) is 14.3 Å². The summed E-state index contributed by atoms with van der Waals surface area (Å²) in [5.41, 5.74) is 1.15. The van der Waals surface area contributed by atoms with Gasteiger partial charge in [0.25, 0.3) is 5.91 Å². The first-order valence-electron chi connectivity index (χ1n) is 7.65. The molecule has 0 aliphatic carbocycles. The van der Waals surface area contributed by atoms with E-state index < -0.39 is 0 Å². The van der Waals surface area contributed by atoms with Gasteiger partial charge in [0.15, 0.2) is 0 Å². The van der Waals surface area contributed by atoms with Gasteiger partial charge in [0.1, 0.15) is 18.2 Å². The SMILES string of the molecule is CC(O)C1CCN(C(=O)C2=Cc3cc(F)ccc3OC2)CC1. The van der Waals surface area contributed by atoms with Crippen LogP contribution in [0, 0.1) is 11.7 Å². The summed E-state index contributed by atoms with van der Waals surface area (Å²) in [6.45, 7) is 3.29. The number of aliphatic hydroxyl groups is 1. The maximum Gasteiger partial charge on any atom is 0.253 e. The monoisotopic (exact) mass is 305 g/mol. The predicted molar refractivity (Wildman–Crippen MR) is 80.9 cm³/mol. The lowest BCUT2D eigenvalue weighted by molar-refractivity contribution is -0.129. The molecule has 22 heavy (non-hydrogen) atoms. The van der Waals surface area contributed by atoms with Crippen molar-refractivity contribution < 1.29 is 19.0 Å². The van der Waals surface area contributed by atoms with Gasteiger partial charge in [-0.15, -0.1) is 0 Å². The smallest absolute Gasteiger partial charge is 0.253 e. The number of carbonyl (C=O) groups excluding carboxylic acids is 1. The van der Waals surface area contributed by atoms with Crippen LogP contribution in [0.3, 0.4) is 0 Å². The third-order valence-electron chi connectivity index (χ3n) is 4.47. The lowest BCUT2D eigenvalue weighted by atomic mass is 9.92. The molecule has 0 spiro atoms. The second kappa shape index (κ2) is 6.08. The summed E-state index contributed by atoms with van der Waals surface area (Å²) >= 11 is 0. The second-order valence-electron chi connectivity index (χ2n) is 6.01. The van der Waals surface area contributed by atoms with Crippen LogP contribution >= 0.6 is 0 Å². The number of fused-ring (bicyclic) bond motifs is 1. The minimum absolute atomic E-state index is 0.0565. The number of hydrogen-bond donors (Lipinski definition) is 1. The third kappa shape index (κ3) is 2.99. The fourth-order valence-corrected chi connectivity index (χ4v) is 3.06. The first-order chi connectivity index (χ1) is 10.5. The highest BCUT2D eigenvalue weighted by Gasteiger charge is 2.28. The van der Waals surface area contributed by atoms with Crippen LogP contribution in [0.4, 0.5) is 4.39 Å². The zero-order valence-corrected chi connectivity index (χ0v) is 12.6. The van der Waals surface area contributed by atoms with Gasteiger partial charge in [0.05, 0.1) is 11.7 Å². The number of aliphatic hydroxyl groups excluding tert-OH is 1. The van der Waals surface area contributed by atoms with E-state index in [-0.39, 0.29) is 30.4 Å². The molecule has 0 radical (unpaired) electrons. The number of rotatable bonds is 2. The Labute approximate surface area is 129 Å². The van der Waals surface area contributed by atoms with E-state index in [1.807, 2.05) is 0 Å². The fraction of sp³-hybridized carbons (Fsp3) is 0.471. The van der Waals surface area contributed by atoms with Gasteiger partial charge in [-0.25, -0.2) is 4.39 Å². The summed E-state index contributed by atoms with van der Waals surface area (Å²) in [5.74, 6) is 0.463. The first kappa shape index (κ1) is 15.0. The van der Waals surface area contributed by atoms with Crippen LogP contribution in [0.15, 0.2) is 23.8 Å². The summed E-state index contributed by atoms with van der Waals surface area (Å²) in [7, 11) is 0. The minimum Gasteiger partial charge on any atom is -0.488 e. The largest absolute Gasteiger partial charge is 0.488 e. The van der Waals surface area contributed by atoms with Crippen molar-refractivity contribution in [2.45, 2.75) is 25.9 Å². The van der Waals surface area contributed by atoms with E-state index in [1.54, 1.807) is 24.0 Å². The molecule has 1 fully saturated rings. The first-order valence-corrected chi connectivity index (χ1v) is 7.65. The van der Waals surface area contributed by atoms with Gasteiger partial charge in [-0.3, -0.25) is 4.79 Å². The van der Waals surface area contributed by atoms with Gasteiger partial charge in [0, 0.05) is 18.7 Å². The van der Waals surface area contributed by atoms with E-state index in [1.165, 1.54) is 12.1 Å². The van der Waals surface area contributed by atoms with Gasteiger partial charge >= 0.3 is 0 Å². The predicted octanol–water partition coefficient (Wildman–Crippen LogP) is 2.22. The standard InChI is InChI=1S/C17H20FNO3/c1-11(20)12-4-6-19(7-5-12)17(21)14-8-13-9-15(18)2-3-16(13)22-10-14/h2-3,8-9,11-12,20H,4-7,10H2,1H3. The molecule has 0 bridgehead atoms. The maximum atomic E-state index is 13.3. The molecule has 1 aromatic carbocycles. The van der Waals surface area contributed by atoms with Crippen molar-refractivity contribution in [3.05, 3.63) is 35.2 Å². The summed E-state index contributed by atoms with van der Waals surface area (Å²) < 4.78 is 18.8. The van der Waals surface area contributed by atoms with Crippen LogP contribution in [0.5, 0.6) is 5.75 Å². The zero-order valence-electron chi connectivity index (χ0n) is 12.6. The number of carbonyl (C=O) groups is 1. The topological polar surface area (TPSA) is 49.8 Å². The van der Waals surface area contributed by atoms with Crippen molar-refractivity contribution in [3.63, 3.8) is 0 Å². The molecular weight excluding hydrogens is 285 g/mol. The van der Waals surface area contributed by atoms with Crippen LogP contribution < -0.4 is 4.74 Å². The summed E-state index contributed by atoms with van der Waals surface area (Å²) in [4.78, 5) is 14.3. The van der Waals surface area contributed by atoms with Gasteiger partial charge in [-0.05, 0) is 50.0 Å². The summed E-state index contributed by atoms with van der Waals surface area (Å²) in [6.07, 6.45) is 3.00. The Hall–Kier alpha value is -1.88. The molecule has 118 valence electrons. The molecule has 1 amide bonds. The van der Waals surface area contributed by atoms with E-state index >= 15 is 0 Å². The molecule has 4 nitrogen and oxygen atoms in total. The number of piperidine rings is 1. The van der Waals surface area contributed by atoms with E-state index in [0.29, 0.717) is 30.0 Å². The van der Waals surface area contributed by atoms with Crippen LogP contribution in [-0.2, 0) is 4.79 Å². The van der Waals surface area contributed by atoms with Crippen LogP contribution in [-0.4, -0.2) is 41.7 Å². The van der Waals surface area contributed by atoms with E-state index in [4.69, 9.17) is 4.74 Å². The molecule has 0 saturated carbocycles. The number of amides is 1. The highest BCUT2D eigenvalue weighted by Crippen LogP contribution is 2.28. The Morgan fingerprint density at radius 2 is 2.14 bits per heavy atom. The number of halogens is 1. The lowest BCUT2D eigenvalue weighted by Crippen LogP contribution is -2.42. The van der Waals surface area contributed by atoms with Crippen LogP contribution in [0.25, 0.3) is 6.08 Å². The van der Waals surface area contributed by atoms with Crippen molar-refractivity contribution in [3.8, 4) is 5.75 Å². The van der Waals surface area contributed by atoms with Crippen molar-refractivity contribution in [1.82, 2.24) is 4.90 Å². The molecule has 3 rings (SSSR count). The molecule has 1 atom stereocenters. The van der Waals surface area contributed by atoms with E-state index in [0.717, 1.165) is 12.8 Å². The number of ether oxygens (including phenoxy) is 1. The van der Waals surface area contributed by atoms with Crippen molar-refractivity contribution in [2.75, 3.05) is 19.7 Å². The average molecular weight is 305 g/mol. The lowest BCUT2D eigenvalue weighted by Gasteiger charge is -2.34. The molecule has 0 aromatic heterocycles. The Morgan fingerprint density at radius 1 is 1.41 bits per heavy atom. The van der Waals surface area contributed by atoms with Crippen molar-refractivity contribution in [1.29, 1.82) is 0 Å². The normalized spacial score (nSPS) is 20.0. The highest BCUT2D eigenvalue weighted by atomic mass is 19.1. The van der Waals surface area contributed by atoms with Gasteiger partial charge in [-0.1, -0.05) is 0 Å². The Bertz CT molecular complexity index is 604. The Morgan fingerprint density at radius 3 is 2.82 bits per heavy atom. The molecule has 1 unspecified atom stereocenters. The highest BCUT2D eigenvalue weighted by molar-refractivity contribution is 5.99. The van der Waals surface area contributed by atoms with Crippen LogP contribution in [0.1, 0.15) is 25.3 Å². The van der Waals surface area contributed by atoms with Gasteiger partial charge in [-0.2, -0.15) is 0 Å².